The Labute approximate surface area is 109 Å². The fourth-order valence-electron chi connectivity index (χ4n) is 1.77. The van der Waals surface area contributed by atoms with Gasteiger partial charge >= 0.3 is 0 Å². The number of halogens is 1. The predicted octanol–water partition coefficient (Wildman–Crippen LogP) is 3.49. The average molecular weight is 260 g/mol. The molecule has 0 aliphatic rings. The minimum atomic E-state index is 0.660. The van der Waals surface area contributed by atoms with E-state index in [1.807, 2.05) is 42.5 Å². The Bertz CT molecular complexity index is 663. The van der Waals surface area contributed by atoms with E-state index in [0.717, 1.165) is 27.3 Å². The SMILES string of the molecule is Clc1ccc(NCc2cccc3nonc23)cc1. The van der Waals surface area contributed by atoms with E-state index in [4.69, 9.17) is 16.2 Å². The third-order valence-electron chi connectivity index (χ3n) is 2.70. The van der Waals surface area contributed by atoms with Crippen molar-refractivity contribution in [2.24, 2.45) is 0 Å². The van der Waals surface area contributed by atoms with E-state index >= 15 is 0 Å². The molecule has 0 bridgehead atoms. The molecule has 1 aromatic heterocycles. The van der Waals surface area contributed by atoms with Crippen molar-refractivity contribution in [2.75, 3.05) is 5.32 Å². The highest BCUT2D eigenvalue weighted by molar-refractivity contribution is 6.30. The first-order valence-corrected chi connectivity index (χ1v) is 5.90. The summed E-state index contributed by atoms with van der Waals surface area (Å²) in [5, 5.41) is 11.7. The van der Waals surface area contributed by atoms with Gasteiger partial charge in [-0.1, -0.05) is 23.7 Å². The van der Waals surface area contributed by atoms with Crippen LogP contribution < -0.4 is 5.32 Å². The van der Waals surface area contributed by atoms with Crippen molar-refractivity contribution < 1.29 is 4.63 Å². The van der Waals surface area contributed by atoms with Crippen LogP contribution in [0.2, 0.25) is 5.02 Å². The second-order valence-electron chi connectivity index (χ2n) is 3.91. The van der Waals surface area contributed by atoms with E-state index in [2.05, 4.69) is 15.6 Å². The number of anilines is 1. The molecule has 5 heteroatoms. The highest BCUT2D eigenvalue weighted by atomic mass is 35.5. The molecule has 1 N–H and O–H groups in total. The summed E-state index contributed by atoms with van der Waals surface area (Å²) in [7, 11) is 0. The van der Waals surface area contributed by atoms with Gasteiger partial charge < -0.3 is 5.32 Å². The standard InChI is InChI=1S/C13H10ClN3O/c14-10-4-6-11(7-5-10)15-8-9-2-1-3-12-13(9)17-18-16-12/h1-7,15H,8H2. The maximum absolute atomic E-state index is 5.83. The minimum Gasteiger partial charge on any atom is -0.381 e. The fourth-order valence-corrected chi connectivity index (χ4v) is 1.90. The Morgan fingerprint density at radius 2 is 1.89 bits per heavy atom. The molecular formula is C13H10ClN3O. The maximum atomic E-state index is 5.83. The summed E-state index contributed by atoms with van der Waals surface area (Å²) in [5.74, 6) is 0. The van der Waals surface area contributed by atoms with Gasteiger partial charge in [0.15, 0.2) is 0 Å². The molecule has 0 amide bonds. The first kappa shape index (κ1) is 11.0. The molecule has 3 aromatic rings. The Kier molecular flexibility index (Phi) is 2.86. The fraction of sp³-hybridized carbons (Fsp3) is 0.0769. The lowest BCUT2D eigenvalue weighted by Gasteiger charge is -2.06. The molecule has 0 unspecified atom stereocenters. The van der Waals surface area contributed by atoms with Crippen LogP contribution in [0.15, 0.2) is 47.1 Å². The zero-order valence-electron chi connectivity index (χ0n) is 9.43. The molecule has 0 atom stereocenters. The number of benzene rings is 2. The molecule has 18 heavy (non-hydrogen) atoms. The lowest BCUT2D eigenvalue weighted by molar-refractivity contribution is 0.315. The smallest absolute Gasteiger partial charge is 0.140 e. The lowest BCUT2D eigenvalue weighted by atomic mass is 10.2. The number of hydrogen-bond acceptors (Lipinski definition) is 4. The summed E-state index contributed by atoms with van der Waals surface area (Å²) >= 11 is 5.83. The van der Waals surface area contributed by atoms with Crippen molar-refractivity contribution >= 4 is 28.3 Å². The predicted molar refractivity (Wildman–Crippen MR) is 70.6 cm³/mol. The summed E-state index contributed by atoms with van der Waals surface area (Å²) in [5.41, 5.74) is 3.61. The van der Waals surface area contributed by atoms with Crippen LogP contribution >= 0.6 is 11.6 Å². The van der Waals surface area contributed by atoms with Crippen LogP contribution in [-0.4, -0.2) is 10.3 Å². The summed E-state index contributed by atoms with van der Waals surface area (Å²) in [6, 6.07) is 13.4. The van der Waals surface area contributed by atoms with Crippen molar-refractivity contribution in [3.8, 4) is 0 Å². The number of nitrogens with one attached hydrogen (secondary N) is 1. The van der Waals surface area contributed by atoms with Crippen LogP contribution in [0.3, 0.4) is 0 Å². The van der Waals surface area contributed by atoms with Crippen molar-refractivity contribution in [2.45, 2.75) is 6.54 Å². The quantitative estimate of drug-likeness (QED) is 0.782. The number of fused-ring (bicyclic) bond motifs is 1. The first-order valence-electron chi connectivity index (χ1n) is 5.52. The zero-order valence-corrected chi connectivity index (χ0v) is 10.2. The molecule has 3 rings (SSSR count). The summed E-state index contributed by atoms with van der Waals surface area (Å²) in [6.45, 7) is 0.660. The van der Waals surface area contributed by atoms with Gasteiger partial charge in [0.1, 0.15) is 11.0 Å². The van der Waals surface area contributed by atoms with Crippen LogP contribution in [0.4, 0.5) is 5.69 Å². The molecule has 90 valence electrons. The summed E-state index contributed by atoms with van der Waals surface area (Å²) in [6.07, 6.45) is 0. The van der Waals surface area contributed by atoms with Crippen molar-refractivity contribution in [1.29, 1.82) is 0 Å². The van der Waals surface area contributed by atoms with E-state index in [-0.39, 0.29) is 0 Å². The molecule has 0 spiro atoms. The van der Waals surface area contributed by atoms with Gasteiger partial charge in [0, 0.05) is 22.8 Å². The van der Waals surface area contributed by atoms with Crippen LogP contribution in [0.25, 0.3) is 11.0 Å². The summed E-state index contributed by atoms with van der Waals surface area (Å²) in [4.78, 5) is 0. The maximum Gasteiger partial charge on any atom is 0.140 e. The van der Waals surface area contributed by atoms with Crippen molar-refractivity contribution in [1.82, 2.24) is 10.3 Å². The van der Waals surface area contributed by atoms with Gasteiger partial charge in [-0.15, -0.1) is 0 Å². The van der Waals surface area contributed by atoms with Gasteiger partial charge in [-0.25, -0.2) is 4.63 Å². The number of nitrogens with zero attached hydrogens (tertiary/aromatic N) is 2. The zero-order chi connectivity index (χ0) is 12.4. The Balaban J connectivity index is 1.80. The van der Waals surface area contributed by atoms with Gasteiger partial charge in [0.05, 0.1) is 0 Å². The lowest BCUT2D eigenvalue weighted by Crippen LogP contribution is -1.99. The van der Waals surface area contributed by atoms with Crippen molar-refractivity contribution in [3.05, 3.63) is 53.1 Å². The first-order chi connectivity index (χ1) is 8.83. The highest BCUT2D eigenvalue weighted by Gasteiger charge is 2.05. The molecule has 0 radical (unpaired) electrons. The van der Waals surface area contributed by atoms with Crippen LogP contribution in [0.5, 0.6) is 0 Å². The third kappa shape index (κ3) is 2.15. The minimum absolute atomic E-state index is 0.660. The molecule has 0 fully saturated rings. The number of rotatable bonds is 3. The third-order valence-corrected chi connectivity index (χ3v) is 2.95. The topological polar surface area (TPSA) is 51.0 Å². The monoisotopic (exact) mass is 259 g/mol. The van der Waals surface area contributed by atoms with E-state index < -0.39 is 0 Å². The van der Waals surface area contributed by atoms with Crippen LogP contribution in [0.1, 0.15) is 5.56 Å². The van der Waals surface area contributed by atoms with Crippen LogP contribution in [0, 0.1) is 0 Å². The normalized spacial score (nSPS) is 10.7. The molecule has 1 heterocycles. The van der Waals surface area contributed by atoms with Crippen molar-refractivity contribution in [3.63, 3.8) is 0 Å². The molecule has 0 aliphatic carbocycles. The number of aromatic nitrogens is 2. The summed E-state index contributed by atoms with van der Waals surface area (Å²) < 4.78 is 4.73. The van der Waals surface area contributed by atoms with E-state index in [0.29, 0.717) is 6.54 Å². The highest BCUT2D eigenvalue weighted by Crippen LogP contribution is 2.18. The molecule has 0 saturated heterocycles. The largest absolute Gasteiger partial charge is 0.381 e. The molecule has 0 saturated carbocycles. The van der Waals surface area contributed by atoms with Gasteiger partial charge in [-0.2, -0.15) is 0 Å². The van der Waals surface area contributed by atoms with Crippen LogP contribution in [-0.2, 0) is 6.54 Å². The van der Waals surface area contributed by atoms with E-state index in [1.165, 1.54) is 0 Å². The average Bonchev–Trinajstić information content (AvgIpc) is 2.87. The second kappa shape index (κ2) is 4.66. The Hall–Kier alpha value is -2.07. The second-order valence-corrected chi connectivity index (χ2v) is 4.35. The van der Waals surface area contributed by atoms with E-state index in [1.54, 1.807) is 0 Å². The number of hydrogen-bond donors (Lipinski definition) is 1. The van der Waals surface area contributed by atoms with E-state index in [9.17, 15) is 0 Å². The van der Waals surface area contributed by atoms with Gasteiger partial charge in [-0.05, 0) is 40.6 Å². The van der Waals surface area contributed by atoms with Gasteiger partial charge in [0.2, 0.25) is 0 Å². The molecular weight excluding hydrogens is 250 g/mol. The van der Waals surface area contributed by atoms with Gasteiger partial charge in [-0.3, -0.25) is 0 Å². The molecule has 2 aromatic carbocycles. The molecule has 4 nitrogen and oxygen atoms in total. The van der Waals surface area contributed by atoms with Gasteiger partial charge in [0.25, 0.3) is 0 Å². The Morgan fingerprint density at radius 3 is 2.72 bits per heavy atom. The molecule has 0 aliphatic heterocycles. The Morgan fingerprint density at radius 1 is 1.06 bits per heavy atom.